The van der Waals surface area contributed by atoms with Crippen LogP contribution in [0.25, 0.3) is 6.08 Å². The summed E-state index contributed by atoms with van der Waals surface area (Å²) in [4.78, 5) is 21.2. The first-order valence-corrected chi connectivity index (χ1v) is 5.67. The summed E-state index contributed by atoms with van der Waals surface area (Å²) in [6, 6.07) is 5.21. The van der Waals surface area contributed by atoms with E-state index in [1.807, 2.05) is 6.08 Å². The normalized spacial score (nSPS) is 10.6. The molecule has 1 aromatic rings. The van der Waals surface area contributed by atoms with Gasteiger partial charge in [-0.15, -0.1) is 0 Å². The highest BCUT2D eigenvalue weighted by atomic mass is 16.6. The molecule has 0 atom stereocenters. The summed E-state index contributed by atoms with van der Waals surface area (Å²) in [5, 5.41) is 13.6. The van der Waals surface area contributed by atoms with E-state index in [1.54, 1.807) is 31.2 Å². The predicted molar refractivity (Wildman–Crippen MR) is 70.2 cm³/mol. The molecule has 0 saturated carbocycles. The van der Waals surface area contributed by atoms with E-state index < -0.39 is 0 Å². The first-order valence-electron chi connectivity index (χ1n) is 5.67. The second-order valence-corrected chi connectivity index (χ2v) is 3.94. The maximum atomic E-state index is 10.9. The van der Waals surface area contributed by atoms with Gasteiger partial charge in [0.25, 0.3) is 5.69 Å². The van der Waals surface area contributed by atoms with E-state index in [4.69, 9.17) is 0 Å². The van der Waals surface area contributed by atoms with Crippen molar-refractivity contribution >= 4 is 17.7 Å². The molecule has 5 heteroatoms. The largest absolute Gasteiger partial charge is 0.356 e. The van der Waals surface area contributed by atoms with Gasteiger partial charge in [0.05, 0.1) is 10.5 Å². The Morgan fingerprint density at radius 3 is 2.83 bits per heavy atom. The molecule has 0 bridgehead atoms. The lowest BCUT2D eigenvalue weighted by atomic mass is 10.1. The van der Waals surface area contributed by atoms with Crippen molar-refractivity contribution in [1.82, 2.24) is 5.32 Å². The van der Waals surface area contributed by atoms with E-state index in [1.165, 1.54) is 6.92 Å². The summed E-state index contributed by atoms with van der Waals surface area (Å²) < 4.78 is 0. The number of benzene rings is 1. The van der Waals surface area contributed by atoms with E-state index in [0.29, 0.717) is 24.1 Å². The maximum absolute atomic E-state index is 10.9. The van der Waals surface area contributed by atoms with Crippen LogP contribution in [0, 0.1) is 17.0 Å². The Hall–Kier alpha value is -2.17. The molecule has 0 unspecified atom stereocenters. The fraction of sp³-hybridized carbons (Fsp3) is 0.308. The van der Waals surface area contributed by atoms with Gasteiger partial charge < -0.3 is 5.32 Å². The first kappa shape index (κ1) is 13.9. The van der Waals surface area contributed by atoms with Crippen LogP contribution < -0.4 is 5.32 Å². The molecule has 18 heavy (non-hydrogen) atoms. The van der Waals surface area contributed by atoms with E-state index in [0.717, 1.165) is 0 Å². The summed E-state index contributed by atoms with van der Waals surface area (Å²) in [7, 11) is 0. The number of hydrogen-bond donors (Lipinski definition) is 1. The van der Waals surface area contributed by atoms with Gasteiger partial charge in [-0.05, 0) is 19.4 Å². The molecular formula is C13H16N2O3. The number of hydrogen-bond acceptors (Lipinski definition) is 3. The lowest BCUT2D eigenvalue weighted by Crippen LogP contribution is -2.20. The highest BCUT2D eigenvalue weighted by Gasteiger charge is 2.13. The van der Waals surface area contributed by atoms with Crippen LogP contribution in [0.1, 0.15) is 24.5 Å². The number of aryl methyl sites for hydroxylation is 1. The molecule has 0 fully saturated rings. The minimum absolute atomic E-state index is 0.0788. The van der Waals surface area contributed by atoms with Gasteiger partial charge in [-0.1, -0.05) is 24.3 Å². The van der Waals surface area contributed by atoms with Crippen LogP contribution in [0.4, 0.5) is 5.69 Å². The summed E-state index contributed by atoms with van der Waals surface area (Å²) >= 11 is 0. The van der Waals surface area contributed by atoms with E-state index in [2.05, 4.69) is 5.32 Å². The third-order valence-electron chi connectivity index (χ3n) is 2.43. The SMILES string of the molecule is CC(=O)NCCC=Cc1cccc(C)c1[N+](=O)[O-]. The monoisotopic (exact) mass is 248 g/mol. The number of rotatable bonds is 5. The predicted octanol–water partition coefficient (Wildman–Crippen LogP) is 2.44. The Kier molecular flexibility index (Phi) is 5.05. The van der Waals surface area contributed by atoms with Gasteiger partial charge in [0.2, 0.25) is 5.91 Å². The molecule has 1 rings (SSSR count). The van der Waals surface area contributed by atoms with Gasteiger partial charge >= 0.3 is 0 Å². The second kappa shape index (κ2) is 6.54. The van der Waals surface area contributed by atoms with Crippen LogP contribution in [-0.2, 0) is 4.79 Å². The topological polar surface area (TPSA) is 72.2 Å². The summed E-state index contributed by atoms with van der Waals surface area (Å²) in [5.41, 5.74) is 1.36. The van der Waals surface area contributed by atoms with Crippen LogP contribution in [0.3, 0.4) is 0 Å². The van der Waals surface area contributed by atoms with Crippen molar-refractivity contribution < 1.29 is 9.72 Å². The minimum atomic E-state index is -0.372. The third kappa shape index (κ3) is 4.01. The Bertz CT molecular complexity index is 481. The molecule has 0 aliphatic rings. The van der Waals surface area contributed by atoms with Gasteiger partial charge in [0, 0.05) is 19.0 Å². The Labute approximate surface area is 106 Å². The molecule has 1 N–H and O–H groups in total. The van der Waals surface area contributed by atoms with E-state index in [9.17, 15) is 14.9 Å². The summed E-state index contributed by atoms with van der Waals surface area (Å²) in [6.45, 7) is 3.70. The van der Waals surface area contributed by atoms with Crippen LogP contribution >= 0.6 is 0 Å². The third-order valence-corrected chi connectivity index (χ3v) is 2.43. The van der Waals surface area contributed by atoms with Crippen LogP contribution in [0.5, 0.6) is 0 Å². The van der Waals surface area contributed by atoms with Crippen LogP contribution in [-0.4, -0.2) is 17.4 Å². The number of para-hydroxylation sites is 1. The van der Waals surface area contributed by atoms with Crippen LogP contribution in [0.2, 0.25) is 0 Å². The molecule has 0 radical (unpaired) electrons. The van der Waals surface area contributed by atoms with Crippen molar-refractivity contribution in [2.45, 2.75) is 20.3 Å². The molecule has 0 aliphatic heterocycles. The molecule has 0 aromatic heterocycles. The number of nitro benzene ring substituents is 1. The molecule has 0 aliphatic carbocycles. The van der Waals surface area contributed by atoms with Crippen molar-refractivity contribution in [3.05, 3.63) is 45.5 Å². The Balaban J connectivity index is 2.72. The number of amides is 1. The van der Waals surface area contributed by atoms with Gasteiger partial charge in [-0.3, -0.25) is 14.9 Å². The van der Waals surface area contributed by atoms with Crippen molar-refractivity contribution in [2.75, 3.05) is 6.54 Å². The summed E-state index contributed by atoms with van der Waals surface area (Å²) in [5.74, 6) is -0.0788. The smallest absolute Gasteiger partial charge is 0.279 e. The lowest BCUT2D eigenvalue weighted by Gasteiger charge is -2.01. The zero-order valence-corrected chi connectivity index (χ0v) is 10.5. The molecule has 0 saturated heterocycles. The van der Waals surface area contributed by atoms with Crippen molar-refractivity contribution in [3.8, 4) is 0 Å². The number of carbonyl (C=O) groups excluding carboxylic acids is 1. The maximum Gasteiger partial charge on any atom is 0.279 e. The molecule has 1 aromatic carbocycles. The number of nitrogens with zero attached hydrogens (tertiary/aromatic N) is 1. The zero-order chi connectivity index (χ0) is 13.5. The molecule has 96 valence electrons. The van der Waals surface area contributed by atoms with Gasteiger partial charge in [0.1, 0.15) is 0 Å². The molecule has 5 nitrogen and oxygen atoms in total. The standard InChI is InChI=1S/C13H16N2O3/c1-10-6-5-8-12(13(10)15(17)18)7-3-4-9-14-11(2)16/h3,5-8H,4,9H2,1-2H3,(H,14,16). The Morgan fingerprint density at radius 2 is 2.22 bits per heavy atom. The number of carbonyl (C=O) groups is 1. The molecular weight excluding hydrogens is 232 g/mol. The van der Waals surface area contributed by atoms with Crippen LogP contribution in [0.15, 0.2) is 24.3 Å². The quantitative estimate of drug-likeness (QED) is 0.494. The minimum Gasteiger partial charge on any atom is -0.356 e. The van der Waals surface area contributed by atoms with Gasteiger partial charge in [-0.25, -0.2) is 0 Å². The van der Waals surface area contributed by atoms with E-state index in [-0.39, 0.29) is 16.5 Å². The highest BCUT2D eigenvalue weighted by molar-refractivity contribution is 5.72. The average Bonchev–Trinajstić information content (AvgIpc) is 2.27. The fourth-order valence-electron chi connectivity index (χ4n) is 1.61. The Morgan fingerprint density at radius 1 is 1.50 bits per heavy atom. The van der Waals surface area contributed by atoms with Gasteiger partial charge in [-0.2, -0.15) is 0 Å². The van der Waals surface area contributed by atoms with Crippen molar-refractivity contribution in [3.63, 3.8) is 0 Å². The van der Waals surface area contributed by atoms with Crippen molar-refractivity contribution in [1.29, 1.82) is 0 Å². The highest BCUT2D eigenvalue weighted by Crippen LogP contribution is 2.24. The average molecular weight is 248 g/mol. The van der Waals surface area contributed by atoms with E-state index >= 15 is 0 Å². The molecule has 0 spiro atoms. The number of nitro groups is 1. The second-order valence-electron chi connectivity index (χ2n) is 3.94. The number of nitrogens with one attached hydrogen (secondary N) is 1. The summed E-state index contributed by atoms with van der Waals surface area (Å²) in [6.07, 6.45) is 4.18. The lowest BCUT2D eigenvalue weighted by molar-refractivity contribution is -0.385. The molecule has 0 heterocycles. The fourth-order valence-corrected chi connectivity index (χ4v) is 1.61. The zero-order valence-electron chi connectivity index (χ0n) is 10.5. The van der Waals surface area contributed by atoms with Gasteiger partial charge in [0.15, 0.2) is 0 Å². The molecule has 1 amide bonds. The first-order chi connectivity index (χ1) is 8.52. The van der Waals surface area contributed by atoms with Crippen molar-refractivity contribution in [2.24, 2.45) is 0 Å².